The molecule has 0 spiro atoms. The Kier molecular flexibility index (Phi) is 5.04. The molecule has 1 aromatic rings. The van der Waals surface area contributed by atoms with E-state index < -0.39 is 0 Å². The average molecular weight is 335 g/mol. The van der Waals surface area contributed by atoms with Gasteiger partial charge in [0.05, 0.1) is 15.8 Å². The van der Waals surface area contributed by atoms with Crippen molar-refractivity contribution in [2.75, 3.05) is 13.1 Å². The van der Waals surface area contributed by atoms with Gasteiger partial charge in [0.25, 0.3) is 0 Å². The van der Waals surface area contributed by atoms with E-state index in [2.05, 4.69) is 46.5 Å². The normalized spacial score (nSPS) is 11.9. The first kappa shape index (κ1) is 13.3. The maximum atomic E-state index is 5.88. The number of aliphatic imine (C=N–C) groups is 1. The zero-order valence-electron chi connectivity index (χ0n) is 9.94. The molecule has 0 unspecified atom stereocenters. The molecule has 0 saturated carbocycles. The maximum absolute atomic E-state index is 5.88. The Hall–Kier alpha value is -0.790. The Balaban J connectivity index is 2.68. The topological polar surface area (TPSA) is 59.4 Å². The minimum Gasteiger partial charge on any atom is -0.370 e. The van der Waals surface area contributed by atoms with Crippen LogP contribution in [0.3, 0.4) is 0 Å². The van der Waals surface area contributed by atoms with Gasteiger partial charge in [-0.3, -0.25) is 4.68 Å². The minimum absolute atomic E-state index is 0.543. The number of aromatic nitrogens is 2. The zero-order valence-corrected chi connectivity index (χ0v) is 12.1. The molecule has 0 aliphatic heterocycles. The van der Waals surface area contributed by atoms with Gasteiger partial charge in [0.1, 0.15) is 0 Å². The van der Waals surface area contributed by atoms with Crippen LogP contribution in [0.4, 0.5) is 0 Å². The summed E-state index contributed by atoms with van der Waals surface area (Å²) in [4.78, 5) is 6.37. The molecule has 1 rings (SSSR count). The first-order chi connectivity index (χ1) is 7.58. The summed E-state index contributed by atoms with van der Waals surface area (Å²) in [5.74, 6) is 0.589. The molecule has 1 aromatic heterocycles. The van der Waals surface area contributed by atoms with Gasteiger partial charge in [0.2, 0.25) is 0 Å². The van der Waals surface area contributed by atoms with Crippen LogP contribution in [-0.4, -0.2) is 33.7 Å². The van der Waals surface area contributed by atoms with E-state index in [-0.39, 0.29) is 0 Å². The number of rotatable bonds is 4. The van der Waals surface area contributed by atoms with Gasteiger partial charge in [-0.15, -0.1) is 0 Å². The van der Waals surface area contributed by atoms with Crippen molar-refractivity contribution in [3.05, 3.63) is 15.5 Å². The third-order valence-corrected chi connectivity index (χ3v) is 3.23. The van der Waals surface area contributed by atoms with E-state index in [1.165, 1.54) is 0 Å². The number of hydrogen-bond acceptors (Lipinski definition) is 2. The monoisotopic (exact) mass is 335 g/mol. The van der Waals surface area contributed by atoms with Crippen LogP contribution in [0.15, 0.2) is 11.2 Å². The lowest BCUT2D eigenvalue weighted by Crippen LogP contribution is -2.37. The van der Waals surface area contributed by atoms with Crippen molar-refractivity contribution >= 4 is 28.6 Å². The summed E-state index contributed by atoms with van der Waals surface area (Å²) < 4.78 is 2.91. The molecule has 16 heavy (non-hydrogen) atoms. The van der Waals surface area contributed by atoms with Crippen LogP contribution in [0, 0.1) is 3.57 Å². The Morgan fingerprint density at radius 3 is 2.62 bits per heavy atom. The molecule has 1 heterocycles. The molecule has 0 bridgehead atoms. The van der Waals surface area contributed by atoms with Gasteiger partial charge in [-0.2, -0.15) is 5.10 Å². The molecule has 6 heteroatoms. The molecule has 0 atom stereocenters. The third-order valence-electron chi connectivity index (χ3n) is 2.33. The molecule has 0 radical (unpaired) electrons. The van der Waals surface area contributed by atoms with Crippen molar-refractivity contribution in [3.8, 4) is 0 Å². The highest BCUT2D eigenvalue weighted by molar-refractivity contribution is 14.1. The van der Waals surface area contributed by atoms with Crippen molar-refractivity contribution in [1.29, 1.82) is 0 Å². The van der Waals surface area contributed by atoms with Gasteiger partial charge in [0, 0.05) is 26.3 Å². The van der Waals surface area contributed by atoms with Gasteiger partial charge < -0.3 is 10.6 Å². The summed E-state index contributed by atoms with van der Waals surface area (Å²) >= 11 is 2.26. The van der Waals surface area contributed by atoms with Crippen molar-refractivity contribution in [3.63, 3.8) is 0 Å². The molecule has 0 aliphatic carbocycles. The quantitative estimate of drug-likeness (QED) is 0.511. The van der Waals surface area contributed by atoms with Crippen molar-refractivity contribution < 1.29 is 0 Å². The molecule has 2 N–H and O–H groups in total. The second-order valence-electron chi connectivity index (χ2n) is 3.44. The van der Waals surface area contributed by atoms with Crippen LogP contribution in [0.2, 0.25) is 0 Å². The number of halogens is 1. The largest absolute Gasteiger partial charge is 0.370 e. The van der Waals surface area contributed by atoms with Gasteiger partial charge in [0.15, 0.2) is 5.96 Å². The number of nitrogens with two attached hydrogens (primary N) is 1. The summed E-state index contributed by atoms with van der Waals surface area (Å²) in [5, 5.41) is 4.32. The highest BCUT2D eigenvalue weighted by Gasteiger charge is 2.06. The molecule has 0 aliphatic rings. The van der Waals surface area contributed by atoms with Gasteiger partial charge in [-0.05, 0) is 36.4 Å². The van der Waals surface area contributed by atoms with Crippen LogP contribution < -0.4 is 5.73 Å². The van der Waals surface area contributed by atoms with E-state index in [1.807, 2.05) is 18.1 Å². The molecule has 0 fully saturated rings. The molecule has 90 valence electrons. The molecule has 5 nitrogen and oxygen atoms in total. The first-order valence-corrected chi connectivity index (χ1v) is 6.39. The van der Waals surface area contributed by atoms with E-state index in [0.29, 0.717) is 12.5 Å². The Bertz CT molecular complexity index is 367. The highest BCUT2D eigenvalue weighted by Crippen LogP contribution is 2.10. The summed E-state index contributed by atoms with van der Waals surface area (Å²) in [6.07, 6.45) is 1.97. The average Bonchev–Trinajstić information content (AvgIpc) is 2.56. The van der Waals surface area contributed by atoms with Crippen LogP contribution in [-0.2, 0) is 13.6 Å². The molecule has 0 aromatic carbocycles. The SMILES string of the molecule is CCN(CC)C(N)=NCc1nn(C)cc1I. The van der Waals surface area contributed by atoms with Gasteiger partial charge in [-0.1, -0.05) is 0 Å². The fraction of sp³-hybridized carbons (Fsp3) is 0.600. The predicted octanol–water partition coefficient (Wildman–Crippen LogP) is 1.18. The number of nitrogens with zero attached hydrogens (tertiary/aromatic N) is 4. The third kappa shape index (κ3) is 3.36. The first-order valence-electron chi connectivity index (χ1n) is 5.31. The van der Waals surface area contributed by atoms with Crippen molar-refractivity contribution in [1.82, 2.24) is 14.7 Å². The van der Waals surface area contributed by atoms with Crippen molar-refractivity contribution in [2.24, 2.45) is 17.8 Å². The van der Waals surface area contributed by atoms with Crippen LogP contribution in [0.5, 0.6) is 0 Å². The van der Waals surface area contributed by atoms with Crippen LogP contribution >= 0.6 is 22.6 Å². The van der Waals surface area contributed by atoms with Crippen LogP contribution in [0.1, 0.15) is 19.5 Å². The zero-order chi connectivity index (χ0) is 12.1. The number of hydrogen-bond donors (Lipinski definition) is 1. The second-order valence-corrected chi connectivity index (χ2v) is 4.61. The lowest BCUT2D eigenvalue weighted by atomic mass is 10.4. The Labute approximate surface area is 110 Å². The van der Waals surface area contributed by atoms with E-state index in [4.69, 9.17) is 5.73 Å². The summed E-state index contributed by atoms with van der Waals surface area (Å²) in [7, 11) is 1.91. The molecule has 0 amide bonds. The van der Waals surface area contributed by atoms with Crippen molar-refractivity contribution in [2.45, 2.75) is 20.4 Å². The number of aryl methyl sites for hydroxylation is 1. The molecule has 0 saturated heterocycles. The van der Waals surface area contributed by atoms with Crippen LogP contribution in [0.25, 0.3) is 0 Å². The van der Waals surface area contributed by atoms with E-state index in [0.717, 1.165) is 22.4 Å². The standard InChI is InChI=1S/C10H18IN5/c1-4-16(5-2)10(12)13-6-9-8(11)7-15(3)14-9/h7H,4-6H2,1-3H3,(H2,12,13). The van der Waals surface area contributed by atoms with E-state index in [1.54, 1.807) is 4.68 Å². The summed E-state index contributed by atoms with van der Waals surface area (Å²) in [6, 6.07) is 0. The summed E-state index contributed by atoms with van der Waals surface area (Å²) in [6.45, 7) is 6.44. The Morgan fingerprint density at radius 2 is 2.19 bits per heavy atom. The second kappa shape index (κ2) is 6.07. The highest BCUT2D eigenvalue weighted by atomic mass is 127. The predicted molar refractivity (Wildman–Crippen MR) is 74.2 cm³/mol. The Morgan fingerprint density at radius 1 is 1.56 bits per heavy atom. The maximum Gasteiger partial charge on any atom is 0.191 e. The van der Waals surface area contributed by atoms with E-state index >= 15 is 0 Å². The van der Waals surface area contributed by atoms with Gasteiger partial charge >= 0.3 is 0 Å². The lowest BCUT2D eigenvalue weighted by molar-refractivity contribution is 0.458. The molecular formula is C10H18IN5. The molecular weight excluding hydrogens is 317 g/mol. The minimum atomic E-state index is 0.543. The van der Waals surface area contributed by atoms with Gasteiger partial charge in [-0.25, -0.2) is 4.99 Å². The fourth-order valence-corrected chi connectivity index (χ4v) is 2.10. The van der Waals surface area contributed by atoms with E-state index in [9.17, 15) is 0 Å². The number of guanidine groups is 1. The smallest absolute Gasteiger partial charge is 0.191 e. The lowest BCUT2D eigenvalue weighted by Gasteiger charge is -2.19. The fourth-order valence-electron chi connectivity index (χ4n) is 1.42. The summed E-state index contributed by atoms with van der Waals surface area (Å²) in [5.41, 5.74) is 6.85.